The Hall–Kier alpha value is -3.34. The lowest BCUT2D eigenvalue weighted by Gasteiger charge is -2.21. The number of phenols is 3. The highest BCUT2D eigenvalue weighted by atomic mass is 16.3. The van der Waals surface area contributed by atoms with Crippen LogP contribution in [0.5, 0.6) is 17.2 Å². The molecule has 1 aliphatic rings. The predicted octanol–water partition coefficient (Wildman–Crippen LogP) is 3.04. The number of hydrogen-bond acceptors (Lipinski definition) is 5. The van der Waals surface area contributed by atoms with Gasteiger partial charge < -0.3 is 15.3 Å². The number of carbonyl (C=O) groups excluding carboxylic acids is 2. The van der Waals surface area contributed by atoms with Crippen molar-refractivity contribution in [2.24, 2.45) is 0 Å². The van der Waals surface area contributed by atoms with Gasteiger partial charge in [0, 0.05) is 16.5 Å². The third-order valence-corrected chi connectivity index (χ3v) is 4.31. The fourth-order valence-corrected chi connectivity index (χ4v) is 3.34. The fraction of sp³-hybridized carbons (Fsp3) is 0.0526. The van der Waals surface area contributed by atoms with Gasteiger partial charge in [-0.15, -0.1) is 0 Å². The van der Waals surface area contributed by atoms with Gasteiger partial charge in [-0.3, -0.25) is 9.59 Å². The molecular weight excluding hydrogens is 308 g/mol. The maximum atomic E-state index is 12.9. The summed E-state index contributed by atoms with van der Waals surface area (Å²) in [5, 5.41) is 31.3. The lowest BCUT2D eigenvalue weighted by molar-refractivity contribution is 0.0975. The number of hydrogen-bond donors (Lipinski definition) is 3. The largest absolute Gasteiger partial charge is 0.507 e. The first-order valence-electron chi connectivity index (χ1n) is 7.31. The highest BCUT2D eigenvalue weighted by Crippen LogP contribution is 2.42. The van der Waals surface area contributed by atoms with Crippen LogP contribution < -0.4 is 0 Å². The molecule has 0 bridgehead atoms. The summed E-state index contributed by atoms with van der Waals surface area (Å²) in [5.41, 5.74) is 0.453. The van der Waals surface area contributed by atoms with E-state index in [4.69, 9.17) is 0 Å². The highest BCUT2D eigenvalue weighted by molar-refractivity contribution is 6.34. The van der Waals surface area contributed by atoms with Gasteiger partial charge in [0.15, 0.2) is 5.78 Å². The zero-order valence-corrected chi connectivity index (χ0v) is 12.6. The number of aryl methyl sites for hydroxylation is 1. The summed E-state index contributed by atoms with van der Waals surface area (Å²) in [6.07, 6.45) is 0. The molecule has 0 aromatic heterocycles. The average Bonchev–Trinajstić information content (AvgIpc) is 2.50. The molecular formula is C19H12O5. The Morgan fingerprint density at radius 3 is 2.25 bits per heavy atom. The molecule has 118 valence electrons. The molecule has 3 aromatic carbocycles. The van der Waals surface area contributed by atoms with Crippen LogP contribution in [-0.4, -0.2) is 26.9 Å². The summed E-state index contributed by atoms with van der Waals surface area (Å²) >= 11 is 0. The highest BCUT2D eigenvalue weighted by Gasteiger charge is 2.36. The second-order valence-electron chi connectivity index (χ2n) is 5.89. The molecule has 4 rings (SSSR count). The summed E-state index contributed by atoms with van der Waals surface area (Å²) < 4.78 is 0. The topological polar surface area (TPSA) is 94.8 Å². The van der Waals surface area contributed by atoms with Gasteiger partial charge in [0.25, 0.3) is 0 Å². The van der Waals surface area contributed by atoms with E-state index in [1.165, 1.54) is 30.3 Å². The van der Waals surface area contributed by atoms with Crippen molar-refractivity contribution in [1.29, 1.82) is 0 Å². The van der Waals surface area contributed by atoms with Crippen molar-refractivity contribution < 1.29 is 24.9 Å². The summed E-state index contributed by atoms with van der Waals surface area (Å²) in [7, 11) is 0. The van der Waals surface area contributed by atoms with Crippen molar-refractivity contribution in [1.82, 2.24) is 0 Å². The van der Waals surface area contributed by atoms with Crippen molar-refractivity contribution in [3.8, 4) is 17.2 Å². The van der Waals surface area contributed by atoms with Gasteiger partial charge in [0.05, 0.1) is 11.1 Å². The van der Waals surface area contributed by atoms with Gasteiger partial charge in [0.2, 0.25) is 5.78 Å². The number of ketones is 2. The molecule has 0 unspecified atom stereocenters. The Bertz CT molecular complexity index is 1080. The molecule has 5 nitrogen and oxygen atoms in total. The summed E-state index contributed by atoms with van der Waals surface area (Å²) in [6.45, 7) is 1.77. The fourth-order valence-electron chi connectivity index (χ4n) is 3.34. The second-order valence-corrected chi connectivity index (χ2v) is 5.89. The van der Waals surface area contributed by atoms with Crippen LogP contribution in [0.4, 0.5) is 0 Å². The molecule has 24 heavy (non-hydrogen) atoms. The minimum absolute atomic E-state index is 0.0365. The quantitative estimate of drug-likeness (QED) is 0.463. The minimum atomic E-state index is -0.642. The number of benzene rings is 3. The van der Waals surface area contributed by atoms with Crippen molar-refractivity contribution in [2.45, 2.75) is 6.92 Å². The van der Waals surface area contributed by atoms with Crippen molar-refractivity contribution in [3.63, 3.8) is 0 Å². The van der Waals surface area contributed by atoms with E-state index in [1.807, 2.05) is 0 Å². The Labute approximate surface area is 136 Å². The molecule has 3 aromatic rings. The van der Waals surface area contributed by atoms with E-state index in [9.17, 15) is 24.9 Å². The lowest BCUT2D eigenvalue weighted by atomic mass is 9.80. The summed E-state index contributed by atoms with van der Waals surface area (Å²) in [5.74, 6) is -1.96. The molecule has 0 saturated heterocycles. The zero-order valence-electron chi connectivity index (χ0n) is 12.6. The molecule has 0 spiro atoms. The van der Waals surface area contributed by atoms with Crippen LogP contribution in [0.25, 0.3) is 10.8 Å². The summed E-state index contributed by atoms with van der Waals surface area (Å²) in [6, 6.07) is 8.78. The van der Waals surface area contributed by atoms with Gasteiger partial charge >= 0.3 is 0 Å². The van der Waals surface area contributed by atoms with E-state index in [0.29, 0.717) is 5.39 Å². The normalized spacial score (nSPS) is 13.0. The van der Waals surface area contributed by atoms with E-state index < -0.39 is 11.6 Å². The average molecular weight is 320 g/mol. The first kappa shape index (κ1) is 14.3. The molecule has 3 N–H and O–H groups in total. The molecule has 0 fully saturated rings. The van der Waals surface area contributed by atoms with Gasteiger partial charge in [-0.1, -0.05) is 18.2 Å². The minimum Gasteiger partial charge on any atom is -0.507 e. The SMILES string of the molecule is Cc1cc(O)c2c3c(c(O)cc2c1)C(=O)c1c(O)cccc1C3=O. The van der Waals surface area contributed by atoms with E-state index >= 15 is 0 Å². The third kappa shape index (κ3) is 1.69. The van der Waals surface area contributed by atoms with E-state index in [1.54, 1.807) is 13.0 Å². The molecule has 5 heteroatoms. The van der Waals surface area contributed by atoms with Gasteiger partial charge in [-0.05, 0) is 36.1 Å². The van der Waals surface area contributed by atoms with Crippen LogP contribution in [0.15, 0.2) is 36.4 Å². The second kappa shape index (κ2) is 4.58. The molecule has 0 saturated carbocycles. The van der Waals surface area contributed by atoms with Crippen molar-refractivity contribution >= 4 is 22.3 Å². The molecule has 0 aliphatic heterocycles. The van der Waals surface area contributed by atoms with E-state index in [-0.39, 0.29) is 44.9 Å². The van der Waals surface area contributed by atoms with Crippen LogP contribution in [0.2, 0.25) is 0 Å². The van der Waals surface area contributed by atoms with Crippen LogP contribution in [0.1, 0.15) is 37.4 Å². The smallest absolute Gasteiger partial charge is 0.201 e. The van der Waals surface area contributed by atoms with Gasteiger partial charge in [-0.2, -0.15) is 0 Å². The van der Waals surface area contributed by atoms with Crippen LogP contribution >= 0.6 is 0 Å². The van der Waals surface area contributed by atoms with Gasteiger partial charge in [0.1, 0.15) is 17.2 Å². The first-order valence-corrected chi connectivity index (χ1v) is 7.31. The Balaban J connectivity index is 2.20. The number of phenolic OH excluding ortho intramolecular Hbond substituents is 3. The van der Waals surface area contributed by atoms with E-state index in [2.05, 4.69) is 0 Å². The standard InChI is InChI=1S/C19H12O5/c1-8-5-9-7-13(22)16-17(14(9)12(21)6-8)18(23)10-3-2-4-11(20)15(10)19(16)24/h2-7,20-22H,1H3. The van der Waals surface area contributed by atoms with Crippen molar-refractivity contribution in [3.05, 3.63) is 64.2 Å². The Kier molecular flexibility index (Phi) is 2.72. The molecule has 0 heterocycles. The van der Waals surface area contributed by atoms with E-state index in [0.717, 1.165) is 5.56 Å². The van der Waals surface area contributed by atoms with Crippen LogP contribution in [0.3, 0.4) is 0 Å². The number of carbonyl (C=O) groups is 2. The lowest BCUT2D eigenvalue weighted by Crippen LogP contribution is -2.21. The molecule has 0 amide bonds. The zero-order chi connectivity index (χ0) is 17.2. The molecule has 1 aliphatic carbocycles. The predicted molar refractivity (Wildman–Crippen MR) is 87.0 cm³/mol. The van der Waals surface area contributed by atoms with Gasteiger partial charge in [-0.25, -0.2) is 0 Å². The maximum Gasteiger partial charge on any atom is 0.201 e. The van der Waals surface area contributed by atoms with Crippen molar-refractivity contribution in [2.75, 3.05) is 0 Å². The maximum absolute atomic E-state index is 12.9. The Morgan fingerprint density at radius 2 is 1.50 bits per heavy atom. The monoisotopic (exact) mass is 320 g/mol. The molecule has 0 radical (unpaired) electrons. The summed E-state index contributed by atoms with van der Waals surface area (Å²) in [4.78, 5) is 25.7. The third-order valence-electron chi connectivity index (χ3n) is 4.31. The number of rotatable bonds is 0. The first-order chi connectivity index (χ1) is 11.4. The molecule has 0 atom stereocenters. The van der Waals surface area contributed by atoms with Crippen LogP contribution in [-0.2, 0) is 0 Å². The van der Waals surface area contributed by atoms with Crippen LogP contribution in [0, 0.1) is 6.92 Å². The number of aromatic hydroxyl groups is 3. The number of fused-ring (bicyclic) bond motifs is 4. The Morgan fingerprint density at radius 1 is 0.750 bits per heavy atom.